The highest BCUT2D eigenvalue weighted by Crippen LogP contribution is 2.55. The maximum Gasteiger partial charge on any atom is 0.223 e. The van der Waals surface area contributed by atoms with Crippen LogP contribution in [-0.4, -0.2) is 18.5 Å². The number of hydrogen-bond donors (Lipinski definition) is 2. The Balaban J connectivity index is 1.53. The molecule has 3 nitrogen and oxygen atoms in total. The van der Waals surface area contributed by atoms with Crippen molar-refractivity contribution >= 4 is 5.91 Å². The van der Waals surface area contributed by atoms with Gasteiger partial charge in [0.2, 0.25) is 5.91 Å². The number of carbonyl (C=O) groups is 1. The van der Waals surface area contributed by atoms with Crippen molar-refractivity contribution in [1.29, 1.82) is 0 Å². The molecule has 3 saturated carbocycles. The molecular formula is C15H26N2O. The van der Waals surface area contributed by atoms with Crippen LogP contribution in [0.1, 0.15) is 51.4 Å². The van der Waals surface area contributed by atoms with Gasteiger partial charge in [0.05, 0.1) is 0 Å². The zero-order valence-electron chi connectivity index (χ0n) is 11.2. The third-order valence-electron chi connectivity index (χ3n) is 5.51. The molecule has 0 aromatic rings. The summed E-state index contributed by atoms with van der Waals surface area (Å²) >= 11 is 0. The van der Waals surface area contributed by atoms with Crippen molar-refractivity contribution in [2.75, 3.05) is 6.54 Å². The largest absolute Gasteiger partial charge is 0.352 e. The number of hydrogen-bond acceptors (Lipinski definition) is 2. The Morgan fingerprint density at radius 1 is 1.06 bits per heavy atom. The zero-order chi connectivity index (χ0) is 12.5. The summed E-state index contributed by atoms with van der Waals surface area (Å²) in [4.78, 5) is 12.3. The van der Waals surface area contributed by atoms with Gasteiger partial charge in [-0.1, -0.05) is 25.7 Å². The van der Waals surface area contributed by atoms with Crippen LogP contribution in [0.2, 0.25) is 0 Å². The SMILES string of the molecule is NCC(NC(=O)C1C2CCCCC21)C1CCCC1. The molecule has 102 valence electrons. The van der Waals surface area contributed by atoms with E-state index in [4.69, 9.17) is 5.73 Å². The second kappa shape index (κ2) is 5.20. The van der Waals surface area contributed by atoms with Gasteiger partial charge in [0.1, 0.15) is 0 Å². The van der Waals surface area contributed by atoms with Gasteiger partial charge in [-0.05, 0) is 43.4 Å². The highest BCUT2D eigenvalue weighted by Gasteiger charge is 2.54. The van der Waals surface area contributed by atoms with Crippen LogP contribution < -0.4 is 11.1 Å². The van der Waals surface area contributed by atoms with E-state index in [0.29, 0.717) is 36.1 Å². The molecule has 0 heterocycles. The van der Waals surface area contributed by atoms with Crippen molar-refractivity contribution in [2.45, 2.75) is 57.4 Å². The van der Waals surface area contributed by atoms with Crippen LogP contribution in [0, 0.1) is 23.7 Å². The van der Waals surface area contributed by atoms with Crippen LogP contribution in [0.4, 0.5) is 0 Å². The molecule has 0 bridgehead atoms. The number of fused-ring (bicyclic) bond motifs is 1. The Kier molecular flexibility index (Phi) is 3.60. The summed E-state index contributed by atoms with van der Waals surface area (Å²) in [6, 6.07) is 0.239. The fourth-order valence-electron chi connectivity index (χ4n) is 4.39. The Morgan fingerprint density at radius 2 is 1.61 bits per heavy atom. The molecule has 0 aromatic heterocycles. The van der Waals surface area contributed by atoms with Crippen LogP contribution in [-0.2, 0) is 4.79 Å². The number of amides is 1. The monoisotopic (exact) mass is 250 g/mol. The molecule has 3 fully saturated rings. The van der Waals surface area contributed by atoms with Gasteiger partial charge in [-0.25, -0.2) is 0 Å². The fraction of sp³-hybridized carbons (Fsp3) is 0.933. The lowest BCUT2D eigenvalue weighted by Crippen LogP contribution is -2.45. The second-order valence-corrected chi connectivity index (χ2v) is 6.53. The predicted molar refractivity (Wildman–Crippen MR) is 71.9 cm³/mol. The molecule has 0 aliphatic heterocycles. The Morgan fingerprint density at radius 3 is 2.17 bits per heavy atom. The summed E-state index contributed by atoms with van der Waals surface area (Å²) in [5.74, 6) is 2.71. The van der Waals surface area contributed by atoms with Crippen molar-refractivity contribution in [3.8, 4) is 0 Å². The average molecular weight is 250 g/mol. The van der Waals surface area contributed by atoms with Crippen LogP contribution >= 0.6 is 0 Å². The molecule has 3 rings (SSSR count). The topological polar surface area (TPSA) is 55.1 Å². The Labute approximate surface area is 110 Å². The Hall–Kier alpha value is -0.570. The molecule has 3 aliphatic carbocycles. The van der Waals surface area contributed by atoms with Crippen LogP contribution in [0.3, 0.4) is 0 Å². The maximum absolute atomic E-state index is 12.3. The normalized spacial score (nSPS) is 37.1. The number of nitrogens with two attached hydrogens (primary N) is 1. The van der Waals surface area contributed by atoms with E-state index in [0.717, 1.165) is 0 Å². The summed E-state index contributed by atoms with van der Waals surface area (Å²) in [5.41, 5.74) is 5.85. The highest BCUT2D eigenvalue weighted by atomic mass is 16.2. The zero-order valence-corrected chi connectivity index (χ0v) is 11.2. The van der Waals surface area contributed by atoms with Gasteiger partial charge >= 0.3 is 0 Å². The summed E-state index contributed by atoms with van der Waals surface area (Å²) in [6.07, 6.45) is 10.3. The molecule has 0 radical (unpaired) electrons. The molecule has 3 N–H and O–H groups in total. The number of carbonyl (C=O) groups excluding carboxylic acids is 1. The first-order chi connectivity index (χ1) is 8.81. The van der Waals surface area contributed by atoms with Gasteiger partial charge in [0, 0.05) is 18.5 Å². The van der Waals surface area contributed by atoms with Gasteiger partial charge in [-0.15, -0.1) is 0 Å². The standard InChI is InChI=1S/C15H26N2O/c16-9-13(10-5-1-2-6-10)17-15(18)14-11-7-3-4-8-12(11)14/h10-14H,1-9,16H2,(H,17,18). The first-order valence-corrected chi connectivity index (χ1v) is 7.81. The van der Waals surface area contributed by atoms with Crippen LogP contribution in [0.15, 0.2) is 0 Å². The summed E-state index contributed by atoms with van der Waals surface area (Å²) in [6.45, 7) is 0.610. The van der Waals surface area contributed by atoms with E-state index in [-0.39, 0.29) is 6.04 Å². The minimum atomic E-state index is 0.239. The smallest absolute Gasteiger partial charge is 0.223 e. The fourth-order valence-corrected chi connectivity index (χ4v) is 4.39. The third kappa shape index (κ3) is 2.29. The summed E-state index contributed by atoms with van der Waals surface area (Å²) < 4.78 is 0. The molecule has 1 amide bonds. The first-order valence-electron chi connectivity index (χ1n) is 7.81. The molecule has 0 spiro atoms. The van der Waals surface area contributed by atoms with E-state index in [2.05, 4.69) is 5.32 Å². The first kappa shape index (κ1) is 12.5. The average Bonchev–Trinajstić information content (AvgIpc) is 2.87. The van der Waals surface area contributed by atoms with Crippen molar-refractivity contribution < 1.29 is 4.79 Å². The van der Waals surface area contributed by atoms with E-state index >= 15 is 0 Å². The van der Waals surface area contributed by atoms with Crippen LogP contribution in [0.25, 0.3) is 0 Å². The van der Waals surface area contributed by atoms with Crippen LogP contribution in [0.5, 0.6) is 0 Å². The minimum absolute atomic E-state index is 0.239. The second-order valence-electron chi connectivity index (χ2n) is 6.53. The van der Waals surface area contributed by atoms with E-state index in [1.165, 1.54) is 51.4 Å². The van der Waals surface area contributed by atoms with Crippen molar-refractivity contribution in [3.63, 3.8) is 0 Å². The summed E-state index contributed by atoms with van der Waals surface area (Å²) in [7, 11) is 0. The van der Waals surface area contributed by atoms with E-state index < -0.39 is 0 Å². The van der Waals surface area contributed by atoms with E-state index in [1.54, 1.807) is 0 Å². The third-order valence-corrected chi connectivity index (χ3v) is 5.51. The molecule has 3 heteroatoms. The lowest BCUT2D eigenvalue weighted by atomic mass is 9.98. The Bertz CT molecular complexity index is 300. The summed E-state index contributed by atoms with van der Waals surface area (Å²) in [5, 5.41) is 3.26. The molecule has 3 unspecified atom stereocenters. The molecule has 3 atom stereocenters. The lowest BCUT2D eigenvalue weighted by molar-refractivity contribution is -0.123. The molecule has 0 aromatic carbocycles. The quantitative estimate of drug-likeness (QED) is 0.802. The van der Waals surface area contributed by atoms with Gasteiger partial charge in [0.15, 0.2) is 0 Å². The number of rotatable bonds is 4. The van der Waals surface area contributed by atoms with Crippen molar-refractivity contribution in [3.05, 3.63) is 0 Å². The van der Waals surface area contributed by atoms with E-state index in [1.807, 2.05) is 0 Å². The highest BCUT2D eigenvalue weighted by molar-refractivity contribution is 5.82. The molecule has 0 saturated heterocycles. The van der Waals surface area contributed by atoms with Gasteiger partial charge in [-0.2, -0.15) is 0 Å². The van der Waals surface area contributed by atoms with Gasteiger partial charge in [0.25, 0.3) is 0 Å². The maximum atomic E-state index is 12.3. The molecular weight excluding hydrogens is 224 g/mol. The van der Waals surface area contributed by atoms with E-state index in [9.17, 15) is 4.79 Å². The lowest BCUT2D eigenvalue weighted by Gasteiger charge is -2.23. The van der Waals surface area contributed by atoms with Gasteiger partial charge in [-0.3, -0.25) is 4.79 Å². The minimum Gasteiger partial charge on any atom is -0.352 e. The van der Waals surface area contributed by atoms with Gasteiger partial charge < -0.3 is 11.1 Å². The molecule has 18 heavy (non-hydrogen) atoms. The molecule has 3 aliphatic rings. The predicted octanol–water partition coefficient (Wildman–Crippen LogP) is 2.06. The van der Waals surface area contributed by atoms with Crippen molar-refractivity contribution in [2.24, 2.45) is 29.4 Å². The van der Waals surface area contributed by atoms with Crippen molar-refractivity contribution in [1.82, 2.24) is 5.32 Å². The number of nitrogens with one attached hydrogen (secondary N) is 1.